The number of ether oxygens (including phenoxy) is 1. The molecule has 0 amide bonds. The van der Waals surface area contributed by atoms with E-state index in [9.17, 15) is 18.0 Å². The number of anilines is 1. The second-order valence-electron chi connectivity index (χ2n) is 8.81. The number of hydrogen-bond donors (Lipinski definition) is 3. The Bertz CT molecular complexity index is 1190. The first-order chi connectivity index (χ1) is 20.5. The Kier molecular flexibility index (Phi) is 19.8. The minimum absolute atomic E-state index is 0.0569. The number of alkyl halides is 3. The Balaban J connectivity index is 0.00000422. The maximum absolute atomic E-state index is 12.5. The zero-order valence-electron chi connectivity index (χ0n) is 26.0. The van der Waals surface area contributed by atoms with Gasteiger partial charge in [-0.15, -0.1) is 13.2 Å². The zero-order chi connectivity index (χ0) is 32.8. The van der Waals surface area contributed by atoms with E-state index in [1.807, 2.05) is 58.2 Å². The molecular formula is C33H46F3N3O4. The van der Waals surface area contributed by atoms with E-state index in [1.165, 1.54) is 12.1 Å². The van der Waals surface area contributed by atoms with Crippen molar-refractivity contribution in [3.05, 3.63) is 84.0 Å². The summed E-state index contributed by atoms with van der Waals surface area (Å²) in [6.07, 6.45) is 5.47. The first kappa shape index (κ1) is 39.1. The summed E-state index contributed by atoms with van der Waals surface area (Å²) in [7, 11) is 2.87. The van der Waals surface area contributed by atoms with E-state index in [2.05, 4.69) is 34.7 Å². The molecule has 2 aromatic rings. The summed E-state index contributed by atoms with van der Waals surface area (Å²) in [5, 5.41) is 25.0. The molecule has 0 saturated carbocycles. The number of nitrogens with zero attached hydrogens (tertiary/aromatic N) is 2. The van der Waals surface area contributed by atoms with Gasteiger partial charge in [0.1, 0.15) is 5.75 Å². The SMILES string of the molecule is C=C(/C=C\C(=C/CC)CCc1cc(-c2ccc(OC(F)(F)F)cc2)ccc1N(C)/N=C\C)CNCCC(=O)O.CC.CO. The van der Waals surface area contributed by atoms with Crippen LogP contribution in [0.1, 0.15) is 52.5 Å². The summed E-state index contributed by atoms with van der Waals surface area (Å²) in [5.41, 5.74) is 5.60. The normalized spacial score (nSPS) is 11.4. The predicted molar refractivity (Wildman–Crippen MR) is 171 cm³/mol. The molecule has 3 N–H and O–H groups in total. The second kappa shape index (κ2) is 21.8. The summed E-state index contributed by atoms with van der Waals surface area (Å²) in [5.74, 6) is -1.11. The summed E-state index contributed by atoms with van der Waals surface area (Å²) in [6, 6.07) is 11.7. The molecule has 2 rings (SSSR count). The number of allylic oxidation sites excluding steroid dienone is 3. The van der Waals surface area contributed by atoms with Crippen molar-refractivity contribution in [2.75, 3.05) is 32.3 Å². The lowest BCUT2D eigenvalue weighted by Gasteiger charge is -2.19. The van der Waals surface area contributed by atoms with Crippen molar-refractivity contribution < 1.29 is 32.9 Å². The number of halogens is 3. The molecular weight excluding hydrogens is 559 g/mol. The Morgan fingerprint density at radius 3 is 2.26 bits per heavy atom. The third kappa shape index (κ3) is 16.4. The van der Waals surface area contributed by atoms with Gasteiger partial charge in [0.15, 0.2) is 0 Å². The second-order valence-corrected chi connectivity index (χ2v) is 8.81. The number of carboxylic acids is 1. The lowest BCUT2D eigenvalue weighted by Crippen LogP contribution is -2.19. The highest BCUT2D eigenvalue weighted by Gasteiger charge is 2.31. The highest BCUT2D eigenvalue weighted by atomic mass is 19.4. The molecule has 0 fully saturated rings. The minimum atomic E-state index is -4.73. The van der Waals surface area contributed by atoms with Crippen molar-refractivity contribution >= 4 is 17.9 Å². The number of aliphatic hydroxyl groups excluding tert-OH is 1. The molecule has 0 saturated heterocycles. The molecule has 0 aliphatic heterocycles. The fourth-order valence-electron chi connectivity index (χ4n) is 3.89. The third-order valence-electron chi connectivity index (χ3n) is 5.69. The van der Waals surface area contributed by atoms with Crippen LogP contribution in [0.5, 0.6) is 5.75 Å². The number of carboxylic acid groups (broad SMARTS) is 1. The van der Waals surface area contributed by atoms with E-state index < -0.39 is 12.3 Å². The summed E-state index contributed by atoms with van der Waals surface area (Å²) < 4.78 is 41.6. The number of aliphatic carboxylic acids is 1. The smallest absolute Gasteiger partial charge is 0.481 e. The number of aryl methyl sites for hydroxylation is 1. The van der Waals surface area contributed by atoms with Crippen LogP contribution in [0.25, 0.3) is 11.1 Å². The largest absolute Gasteiger partial charge is 0.573 e. The molecule has 0 aliphatic rings. The quantitative estimate of drug-likeness (QED) is 0.0831. The van der Waals surface area contributed by atoms with Crippen LogP contribution in [0.2, 0.25) is 0 Å². The first-order valence-corrected chi connectivity index (χ1v) is 14.2. The van der Waals surface area contributed by atoms with Crippen molar-refractivity contribution in [1.82, 2.24) is 5.32 Å². The van der Waals surface area contributed by atoms with Crippen molar-refractivity contribution in [3.63, 3.8) is 0 Å². The molecule has 0 atom stereocenters. The molecule has 0 spiro atoms. The summed E-state index contributed by atoms with van der Waals surface area (Å²) in [4.78, 5) is 10.6. The first-order valence-electron chi connectivity index (χ1n) is 14.2. The molecule has 0 bridgehead atoms. The predicted octanol–water partition coefficient (Wildman–Crippen LogP) is 7.77. The van der Waals surface area contributed by atoms with Crippen LogP contribution in [0.4, 0.5) is 18.9 Å². The van der Waals surface area contributed by atoms with Crippen LogP contribution >= 0.6 is 0 Å². The number of nitrogens with one attached hydrogen (secondary N) is 1. The van der Waals surface area contributed by atoms with E-state index in [-0.39, 0.29) is 12.2 Å². The fourth-order valence-corrected chi connectivity index (χ4v) is 3.89. The molecule has 0 radical (unpaired) electrons. The molecule has 0 heterocycles. The Labute approximate surface area is 254 Å². The van der Waals surface area contributed by atoms with Crippen LogP contribution in [-0.2, 0) is 11.2 Å². The molecule has 238 valence electrons. The van der Waals surface area contributed by atoms with Gasteiger partial charge in [-0.3, -0.25) is 9.80 Å². The topological polar surface area (TPSA) is 94.4 Å². The Hall–Kier alpha value is -3.89. The van der Waals surface area contributed by atoms with Gasteiger partial charge in [0.25, 0.3) is 0 Å². The molecule has 0 aromatic heterocycles. The summed E-state index contributed by atoms with van der Waals surface area (Å²) >= 11 is 0. The van der Waals surface area contributed by atoms with Gasteiger partial charge in [0.05, 0.1) is 12.1 Å². The maximum atomic E-state index is 12.5. The van der Waals surface area contributed by atoms with E-state index in [0.29, 0.717) is 19.5 Å². The van der Waals surface area contributed by atoms with Gasteiger partial charge in [-0.1, -0.05) is 69.4 Å². The van der Waals surface area contributed by atoms with Gasteiger partial charge in [0, 0.05) is 33.5 Å². The highest BCUT2D eigenvalue weighted by molar-refractivity contribution is 5.70. The lowest BCUT2D eigenvalue weighted by atomic mass is 9.96. The minimum Gasteiger partial charge on any atom is -0.481 e. The number of benzene rings is 2. The average Bonchev–Trinajstić information content (AvgIpc) is 2.98. The van der Waals surface area contributed by atoms with E-state index >= 15 is 0 Å². The van der Waals surface area contributed by atoms with E-state index in [1.54, 1.807) is 23.4 Å². The zero-order valence-corrected chi connectivity index (χ0v) is 26.0. The molecule has 7 nitrogen and oxygen atoms in total. The van der Waals surface area contributed by atoms with E-state index in [0.717, 1.165) is 53.5 Å². The number of hydrogen-bond acceptors (Lipinski definition) is 6. The van der Waals surface area contributed by atoms with Gasteiger partial charge in [0.2, 0.25) is 0 Å². The van der Waals surface area contributed by atoms with Crippen molar-refractivity contribution in [1.29, 1.82) is 0 Å². The maximum Gasteiger partial charge on any atom is 0.573 e. The molecule has 0 aliphatic carbocycles. The van der Waals surface area contributed by atoms with Gasteiger partial charge in [-0.2, -0.15) is 5.10 Å². The average molecular weight is 606 g/mol. The van der Waals surface area contributed by atoms with Crippen molar-refractivity contribution in [2.24, 2.45) is 5.10 Å². The molecule has 0 unspecified atom stereocenters. The number of rotatable bonds is 15. The molecule has 43 heavy (non-hydrogen) atoms. The molecule has 2 aromatic carbocycles. The third-order valence-corrected chi connectivity index (χ3v) is 5.69. The fraction of sp³-hybridized carbons (Fsp3) is 0.394. The molecule has 10 heteroatoms. The van der Waals surface area contributed by atoms with Gasteiger partial charge in [-0.05, 0) is 72.7 Å². The van der Waals surface area contributed by atoms with Crippen LogP contribution in [0.3, 0.4) is 0 Å². The number of hydrazone groups is 1. The van der Waals surface area contributed by atoms with Gasteiger partial charge < -0.3 is 20.3 Å². The number of aliphatic hydroxyl groups is 1. The highest BCUT2D eigenvalue weighted by Crippen LogP contribution is 2.31. The summed E-state index contributed by atoms with van der Waals surface area (Å²) in [6.45, 7) is 12.8. The van der Waals surface area contributed by atoms with Crippen LogP contribution in [-0.4, -0.2) is 56.0 Å². The Morgan fingerprint density at radius 2 is 1.70 bits per heavy atom. The van der Waals surface area contributed by atoms with E-state index in [4.69, 9.17) is 10.2 Å². The standard InChI is InChI=1S/C30H36F3N3O3.C2H6.CH4O/c1-5-7-23(9-8-22(3)21-34-19-18-29(37)38)10-11-26-20-25(14-17-28(26)36(4)35-6-2)24-12-15-27(16-13-24)39-30(31,32)33;2*1-2/h6-9,12-17,20,34H,3,5,10-11,18-19,21H2,1-2,4H3,(H,37,38);1-2H3;2H,1H3/b9-8-,23-7+,35-6-;;. The monoisotopic (exact) mass is 605 g/mol. The van der Waals surface area contributed by atoms with Crippen LogP contribution in [0.15, 0.2) is 83.5 Å². The van der Waals surface area contributed by atoms with Crippen molar-refractivity contribution in [3.8, 4) is 16.9 Å². The van der Waals surface area contributed by atoms with Gasteiger partial charge >= 0.3 is 12.3 Å². The van der Waals surface area contributed by atoms with Crippen LogP contribution in [0, 0.1) is 0 Å². The van der Waals surface area contributed by atoms with Crippen LogP contribution < -0.4 is 15.1 Å². The lowest BCUT2D eigenvalue weighted by molar-refractivity contribution is -0.274. The van der Waals surface area contributed by atoms with Crippen molar-refractivity contribution in [2.45, 2.75) is 59.7 Å². The number of carbonyl (C=O) groups is 1. The Morgan fingerprint density at radius 1 is 1.07 bits per heavy atom. The van der Waals surface area contributed by atoms with Gasteiger partial charge in [-0.25, -0.2) is 0 Å².